The van der Waals surface area contributed by atoms with Crippen LogP contribution in [-0.4, -0.2) is 4.98 Å². The number of anilines is 1. The molecule has 0 spiro atoms. The molecule has 5 heteroatoms. The summed E-state index contributed by atoms with van der Waals surface area (Å²) in [4.78, 5) is 5.18. The van der Waals surface area contributed by atoms with E-state index in [1.807, 2.05) is 18.2 Å². The molecule has 0 fully saturated rings. The van der Waals surface area contributed by atoms with Gasteiger partial charge >= 0.3 is 0 Å². The maximum Gasteiger partial charge on any atom is 0.101 e. The Balaban J connectivity index is 2.26. The molecule has 0 atom stereocenters. The summed E-state index contributed by atoms with van der Waals surface area (Å²) in [5.41, 5.74) is 6.56. The maximum atomic E-state index is 5.91. The molecule has 0 amide bonds. The van der Waals surface area contributed by atoms with E-state index in [4.69, 9.17) is 17.3 Å². The van der Waals surface area contributed by atoms with Crippen molar-refractivity contribution < 1.29 is 0 Å². The van der Waals surface area contributed by atoms with Gasteiger partial charge in [-0.1, -0.05) is 23.4 Å². The Hall–Kier alpha value is -0.710. The third kappa shape index (κ3) is 2.90. The number of aromatic nitrogens is 1. The quantitative estimate of drug-likeness (QED) is 0.843. The smallest absolute Gasteiger partial charge is 0.101 e. The van der Waals surface area contributed by atoms with Crippen molar-refractivity contribution in [2.24, 2.45) is 0 Å². The zero-order chi connectivity index (χ0) is 11.5. The molecule has 0 unspecified atom stereocenters. The molecule has 0 aliphatic rings. The molecular formula is C11H8BrClN2S. The average Bonchev–Trinajstić information content (AvgIpc) is 2.27. The van der Waals surface area contributed by atoms with E-state index in [0.717, 1.165) is 14.4 Å². The van der Waals surface area contributed by atoms with Gasteiger partial charge in [-0.05, 0) is 46.3 Å². The predicted octanol–water partition coefficient (Wildman–Crippen LogP) is 4.23. The molecule has 82 valence electrons. The summed E-state index contributed by atoms with van der Waals surface area (Å²) >= 11 is 10.7. The van der Waals surface area contributed by atoms with Crippen molar-refractivity contribution in [1.29, 1.82) is 0 Å². The van der Waals surface area contributed by atoms with Crippen LogP contribution >= 0.6 is 39.3 Å². The number of hydrogen-bond acceptors (Lipinski definition) is 3. The van der Waals surface area contributed by atoms with Crippen molar-refractivity contribution in [3.05, 3.63) is 46.0 Å². The third-order valence-electron chi connectivity index (χ3n) is 1.89. The van der Waals surface area contributed by atoms with E-state index in [1.54, 1.807) is 18.3 Å². The number of nitrogens with two attached hydrogens (primary N) is 1. The Bertz CT molecular complexity index is 502. The SMILES string of the molecule is Nc1ccc(Cl)cc1Sc1ccc(Br)cn1. The standard InChI is InChI=1S/C11H8BrClN2S/c12-7-1-4-11(15-6-7)16-10-5-8(13)2-3-9(10)14/h1-6H,14H2. The topological polar surface area (TPSA) is 38.9 Å². The first-order valence-corrected chi connectivity index (χ1v) is 6.48. The number of nitrogen functional groups attached to an aromatic ring is 1. The number of halogens is 2. The van der Waals surface area contributed by atoms with Crippen LogP contribution in [0.15, 0.2) is 50.9 Å². The fourth-order valence-electron chi connectivity index (χ4n) is 1.13. The highest BCUT2D eigenvalue weighted by Gasteiger charge is 2.03. The summed E-state index contributed by atoms with van der Waals surface area (Å²) in [5.74, 6) is 0. The highest BCUT2D eigenvalue weighted by molar-refractivity contribution is 9.10. The second kappa shape index (κ2) is 5.08. The molecule has 0 aliphatic carbocycles. The lowest BCUT2D eigenvalue weighted by molar-refractivity contribution is 1.12. The Kier molecular flexibility index (Phi) is 3.74. The highest BCUT2D eigenvalue weighted by Crippen LogP contribution is 2.32. The van der Waals surface area contributed by atoms with Crippen LogP contribution in [0.25, 0.3) is 0 Å². The van der Waals surface area contributed by atoms with Gasteiger partial charge in [0.25, 0.3) is 0 Å². The van der Waals surface area contributed by atoms with Crippen molar-refractivity contribution in [1.82, 2.24) is 4.98 Å². The molecule has 1 heterocycles. The van der Waals surface area contributed by atoms with Gasteiger partial charge < -0.3 is 5.73 Å². The number of hydrogen-bond donors (Lipinski definition) is 1. The minimum Gasteiger partial charge on any atom is -0.398 e. The van der Waals surface area contributed by atoms with Gasteiger partial charge in [0.2, 0.25) is 0 Å². The molecule has 2 rings (SSSR count). The molecule has 1 aromatic carbocycles. The summed E-state index contributed by atoms with van der Waals surface area (Å²) in [5, 5.41) is 1.56. The van der Waals surface area contributed by atoms with Crippen LogP contribution in [0, 0.1) is 0 Å². The monoisotopic (exact) mass is 314 g/mol. The van der Waals surface area contributed by atoms with Crippen molar-refractivity contribution in [2.75, 3.05) is 5.73 Å². The minimum absolute atomic E-state index is 0.675. The summed E-state index contributed by atoms with van der Waals surface area (Å²) < 4.78 is 0.955. The van der Waals surface area contributed by atoms with Gasteiger partial charge in [-0.15, -0.1) is 0 Å². The molecule has 0 radical (unpaired) electrons. The van der Waals surface area contributed by atoms with Crippen LogP contribution in [0.5, 0.6) is 0 Å². The van der Waals surface area contributed by atoms with Crippen molar-refractivity contribution in [3.63, 3.8) is 0 Å². The van der Waals surface area contributed by atoms with Gasteiger partial charge in [-0.25, -0.2) is 4.98 Å². The Morgan fingerprint density at radius 1 is 1.25 bits per heavy atom. The van der Waals surface area contributed by atoms with Crippen LogP contribution in [0.1, 0.15) is 0 Å². The molecule has 0 saturated carbocycles. The number of nitrogens with zero attached hydrogens (tertiary/aromatic N) is 1. The van der Waals surface area contributed by atoms with Crippen molar-refractivity contribution in [3.8, 4) is 0 Å². The summed E-state index contributed by atoms with van der Waals surface area (Å²) in [6.45, 7) is 0. The first-order chi connectivity index (χ1) is 7.65. The van der Waals surface area contributed by atoms with Crippen molar-refractivity contribution in [2.45, 2.75) is 9.92 Å². The second-order valence-electron chi connectivity index (χ2n) is 3.10. The average molecular weight is 316 g/mol. The van der Waals surface area contributed by atoms with Crippen LogP contribution in [0.2, 0.25) is 5.02 Å². The largest absolute Gasteiger partial charge is 0.398 e. The van der Waals surface area contributed by atoms with E-state index < -0.39 is 0 Å². The van der Waals surface area contributed by atoms with E-state index in [-0.39, 0.29) is 0 Å². The minimum atomic E-state index is 0.675. The van der Waals surface area contributed by atoms with E-state index in [9.17, 15) is 0 Å². The molecule has 0 bridgehead atoms. The molecule has 1 aromatic heterocycles. The second-order valence-corrected chi connectivity index (χ2v) is 5.51. The molecular weight excluding hydrogens is 308 g/mol. The molecule has 2 N–H and O–H groups in total. The normalized spacial score (nSPS) is 10.4. The molecule has 0 aliphatic heterocycles. The maximum absolute atomic E-state index is 5.91. The Morgan fingerprint density at radius 3 is 2.75 bits per heavy atom. The van der Waals surface area contributed by atoms with Crippen LogP contribution in [0.4, 0.5) is 5.69 Å². The van der Waals surface area contributed by atoms with E-state index in [1.165, 1.54) is 11.8 Å². The van der Waals surface area contributed by atoms with E-state index in [2.05, 4.69) is 20.9 Å². The van der Waals surface area contributed by atoms with Crippen LogP contribution in [0.3, 0.4) is 0 Å². The first kappa shape index (κ1) is 11.8. The van der Waals surface area contributed by atoms with Gasteiger partial charge in [0.05, 0.1) is 0 Å². The van der Waals surface area contributed by atoms with Crippen LogP contribution in [-0.2, 0) is 0 Å². The van der Waals surface area contributed by atoms with Gasteiger partial charge in [-0.2, -0.15) is 0 Å². The van der Waals surface area contributed by atoms with E-state index in [0.29, 0.717) is 10.7 Å². The highest BCUT2D eigenvalue weighted by atomic mass is 79.9. The summed E-state index contributed by atoms with van der Waals surface area (Å²) in [6.07, 6.45) is 1.75. The zero-order valence-electron chi connectivity index (χ0n) is 8.15. The van der Waals surface area contributed by atoms with Crippen molar-refractivity contribution >= 4 is 45.0 Å². The summed E-state index contributed by atoms with van der Waals surface area (Å²) in [7, 11) is 0. The fourth-order valence-corrected chi connectivity index (χ4v) is 2.44. The van der Waals surface area contributed by atoms with Gasteiger partial charge in [-0.3, -0.25) is 0 Å². The number of pyridine rings is 1. The number of rotatable bonds is 2. The Morgan fingerprint density at radius 2 is 2.06 bits per heavy atom. The fraction of sp³-hybridized carbons (Fsp3) is 0. The molecule has 0 saturated heterocycles. The zero-order valence-corrected chi connectivity index (χ0v) is 11.3. The molecule has 2 nitrogen and oxygen atoms in total. The first-order valence-electron chi connectivity index (χ1n) is 4.49. The molecule has 16 heavy (non-hydrogen) atoms. The van der Waals surface area contributed by atoms with Gasteiger partial charge in [0.1, 0.15) is 5.03 Å². The lowest BCUT2D eigenvalue weighted by atomic mass is 10.3. The Labute approximate surface area is 111 Å². The van der Waals surface area contributed by atoms with Gasteiger partial charge in [0.15, 0.2) is 0 Å². The molecule has 2 aromatic rings. The van der Waals surface area contributed by atoms with Gasteiger partial charge in [0, 0.05) is 26.3 Å². The lowest BCUT2D eigenvalue weighted by Gasteiger charge is -2.05. The predicted molar refractivity (Wildman–Crippen MR) is 71.9 cm³/mol. The summed E-state index contributed by atoms with van der Waals surface area (Å²) in [6, 6.07) is 9.27. The third-order valence-corrected chi connectivity index (χ3v) is 3.62. The van der Waals surface area contributed by atoms with Crippen LogP contribution < -0.4 is 5.73 Å². The lowest BCUT2D eigenvalue weighted by Crippen LogP contribution is -1.88. The number of benzene rings is 1. The van der Waals surface area contributed by atoms with E-state index >= 15 is 0 Å².